The van der Waals surface area contributed by atoms with Crippen LogP contribution < -0.4 is 0 Å². The van der Waals surface area contributed by atoms with Gasteiger partial charge in [-0.15, -0.1) is 0 Å². The average Bonchev–Trinajstić information content (AvgIpc) is 2.49. The van der Waals surface area contributed by atoms with Gasteiger partial charge in [0.1, 0.15) is 6.29 Å². The highest BCUT2D eigenvalue weighted by molar-refractivity contribution is 5.49. The van der Waals surface area contributed by atoms with E-state index >= 15 is 0 Å². The molecule has 1 rings (SSSR count). The van der Waals surface area contributed by atoms with Crippen LogP contribution in [-0.2, 0) is 4.79 Å². The topological polar surface area (TPSA) is 30.0 Å². The monoisotopic (exact) mass is 269 g/mol. The van der Waals surface area contributed by atoms with E-state index in [9.17, 15) is 4.79 Å². The van der Waals surface area contributed by atoms with Crippen molar-refractivity contribution in [1.29, 1.82) is 0 Å². The molecule has 0 unspecified atom stereocenters. The number of hydrogen-bond acceptors (Lipinski definition) is 2. The Bertz CT molecular complexity index is 432. The molecule has 1 aromatic heterocycles. The fourth-order valence-corrected chi connectivity index (χ4v) is 1.70. The Morgan fingerprint density at radius 2 is 1.60 bits per heavy atom. The Kier molecular flexibility index (Phi) is 9.73. The Hall–Kier alpha value is -1.96. The maximum atomic E-state index is 10.1. The molecule has 0 saturated heterocycles. The summed E-state index contributed by atoms with van der Waals surface area (Å²) in [4.78, 5) is 14.3. The predicted molar refractivity (Wildman–Crippen MR) is 85.3 cm³/mol. The summed E-state index contributed by atoms with van der Waals surface area (Å²) in [6, 6.07) is 5.93. The quantitative estimate of drug-likeness (QED) is 0.348. The van der Waals surface area contributed by atoms with Crippen molar-refractivity contribution >= 4 is 12.4 Å². The van der Waals surface area contributed by atoms with Crippen molar-refractivity contribution in [2.45, 2.75) is 38.5 Å². The average molecular weight is 269 g/mol. The number of aldehydes is 1. The number of hydrogen-bond donors (Lipinski definition) is 0. The lowest BCUT2D eigenvalue weighted by molar-refractivity contribution is -0.107. The van der Waals surface area contributed by atoms with Crippen molar-refractivity contribution < 1.29 is 4.79 Å². The second-order valence-corrected chi connectivity index (χ2v) is 4.54. The zero-order chi connectivity index (χ0) is 14.3. The molecular formula is C18H23NO. The van der Waals surface area contributed by atoms with Crippen LogP contribution in [0.4, 0.5) is 0 Å². The normalized spacial score (nSPS) is 11.8. The molecule has 0 spiro atoms. The van der Waals surface area contributed by atoms with Gasteiger partial charge in [0.05, 0.1) is 5.69 Å². The lowest BCUT2D eigenvalue weighted by atomic mass is 10.2. The Balaban J connectivity index is 2.01. The molecule has 0 saturated carbocycles. The van der Waals surface area contributed by atoms with E-state index in [1.165, 1.54) is 0 Å². The first-order valence-electron chi connectivity index (χ1n) is 7.26. The molecule has 2 heteroatoms. The number of aromatic nitrogens is 1. The van der Waals surface area contributed by atoms with Gasteiger partial charge >= 0.3 is 0 Å². The van der Waals surface area contributed by atoms with E-state index in [0.717, 1.165) is 44.1 Å². The number of nitrogens with zero attached hydrogens (tertiary/aromatic N) is 1. The van der Waals surface area contributed by atoms with Gasteiger partial charge in [-0.2, -0.15) is 0 Å². The van der Waals surface area contributed by atoms with Crippen LogP contribution in [-0.4, -0.2) is 11.3 Å². The highest BCUT2D eigenvalue weighted by Crippen LogP contribution is 2.02. The summed E-state index contributed by atoms with van der Waals surface area (Å²) in [7, 11) is 0. The zero-order valence-corrected chi connectivity index (χ0v) is 11.9. The molecule has 0 radical (unpaired) electrons. The summed E-state index contributed by atoms with van der Waals surface area (Å²) in [5.41, 5.74) is 1.02. The lowest BCUT2D eigenvalue weighted by Crippen LogP contribution is -1.76. The summed E-state index contributed by atoms with van der Waals surface area (Å²) >= 11 is 0. The smallest absolute Gasteiger partial charge is 0.120 e. The molecule has 0 aliphatic rings. The Morgan fingerprint density at radius 1 is 0.900 bits per heavy atom. The Morgan fingerprint density at radius 3 is 2.25 bits per heavy atom. The van der Waals surface area contributed by atoms with Crippen molar-refractivity contribution in [3.8, 4) is 0 Å². The third-order valence-corrected chi connectivity index (χ3v) is 2.79. The van der Waals surface area contributed by atoms with Crippen molar-refractivity contribution in [3.05, 3.63) is 60.5 Å². The number of rotatable bonds is 10. The molecule has 0 N–H and O–H groups in total. The minimum Gasteiger partial charge on any atom is -0.303 e. The molecule has 0 aromatic carbocycles. The van der Waals surface area contributed by atoms with E-state index in [2.05, 4.69) is 41.4 Å². The maximum Gasteiger partial charge on any atom is 0.120 e. The summed E-state index contributed by atoms with van der Waals surface area (Å²) < 4.78 is 0. The molecule has 20 heavy (non-hydrogen) atoms. The third kappa shape index (κ3) is 9.03. The van der Waals surface area contributed by atoms with Crippen LogP contribution in [0.3, 0.4) is 0 Å². The highest BCUT2D eigenvalue weighted by Gasteiger charge is 1.84. The van der Waals surface area contributed by atoms with Gasteiger partial charge < -0.3 is 4.79 Å². The number of carbonyl (C=O) groups excluding carboxylic acids is 1. The maximum absolute atomic E-state index is 10.1. The molecule has 0 bridgehead atoms. The largest absolute Gasteiger partial charge is 0.303 e. The summed E-state index contributed by atoms with van der Waals surface area (Å²) in [6.45, 7) is 0. The molecule has 0 fully saturated rings. The lowest BCUT2D eigenvalue weighted by Gasteiger charge is -1.91. The molecule has 1 aromatic rings. The van der Waals surface area contributed by atoms with Crippen LogP contribution in [0.15, 0.2) is 54.8 Å². The van der Waals surface area contributed by atoms with Gasteiger partial charge in [0.15, 0.2) is 0 Å². The predicted octanol–water partition coefficient (Wildman–Crippen LogP) is 4.75. The Labute approximate surface area is 121 Å². The van der Waals surface area contributed by atoms with Gasteiger partial charge in [-0.3, -0.25) is 4.98 Å². The fraction of sp³-hybridized carbons (Fsp3) is 0.333. The van der Waals surface area contributed by atoms with Gasteiger partial charge in [0, 0.05) is 12.6 Å². The summed E-state index contributed by atoms with van der Waals surface area (Å²) in [5, 5.41) is 0. The molecule has 0 atom stereocenters. The van der Waals surface area contributed by atoms with Crippen LogP contribution in [0.1, 0.15) is 44.2 Å². The summed E-state index contributed by atoms with van der Waals surface area (Å²) in [6.07, 6.45) is 21.4. The minimum absolute atomic E-state index is 0.663. The van der Waals surface area contributed by atoms with Crippen molar-refractivity contribution in [3.63, 3.8) is 0 Å². The van der Waals surface area contributed by atoms with E-state index < -0.39 is 0 Å². The van der Waals surface area contributed by atoms with Gasteiger partial charge in [0.2, 0.25) is 0 Å². The number of pyridine rings is 1. The molecule has 2 nitrogen and oxygen atoms in total. The van der Waals surface area contributed by atoms with E-state index in [-0.39, 0.29) is 0 Å². The standard InChI is InChI=1S/C18H23NO/c20-17-13-9-7-5-3-1-2-4-6-8-10-14-18-15-11-12-16-19-18/h1-3,5,10-12,14-17H,4,6-9,13H2/b2-1+,5-3+,14-10+. The van der Waals surface area contributed by atoms with Crippen LogP contribution >= 0.6 is 0 Å². The van der Waals surface area contributed by atoms with Crippen LogP contribution in [0.2, 0.25) is 0 Å². The van der Waals surface area contributed by atoms with E-state index in [4.69, 9.17) is 0 Å². The van der Waals surface area contributed by atoms with Crippen molar-refractivity contribution in [1.82, 2.24) is 4.98 Å². The van der Waals surface area contributed by atoms with Crippen LogP contribution in [0.25, 0.3) is 6.08 Å². The molecule has 0 aliphatic carbocycles. The number of unbranched alkanes of at least 4 members (excludes halogenated alkanes) is 4. The first-order chi connectivity index (χ1) is 9.93. The second kappa shape index (κ2) is 12.1. The SMILES string of the molecule is O=CCCC/C=C/C=C/CCC/C=C/c1ccccn1. The first kappa shape index (κ1) is 16.1. The third-order valence-electron chi connectivity index (χ3n) is 2.79. The second-order valence-electron chi connectivity index (χ2n) is 4.54. The van der Waals surface area contributed by atoms with Gasteiger partial charge in [0.25, 0.3) is 0 Å². The van der Waals surface area contributed by atoms with E-state index in [0.29, 0.717) is 6.42 Å². The van der Waals surface area contributed by atoms with Crippen LogP contribution in [0.5, 0.6) is 0 Å². The van der Waals surface area contributed by atoms with Crippen molar-refractivity contribution in [2.75, 3.05) is 0 Å². The molecular weight excluding hydrogens is 246 g/mol. The fourth-order valence-electron chi connectivity index (χ4n) is 1.70. The van der Waals surface area contributed by atoms with Gasteiger partial charge in [-0.1, -0.05) is 36.4 Å². The molecule has 1 heterocycles. The highest BCUT2D eigenvalue weighted by atomic mass is 16.1. The zero-order valence-electron chi connectivity index (χ0n) is 11.9. The number of allylic oxidation sites excluding steroid dienone is 5. The molecule has 0 amide bonds. The minimum atomic E-state index is 0.663. The van der Waals surface area contributed by atoms with Gasteiger partial charge in [-0.05, 0) is 50.3 Å². The van der Waals surface area contributed by atoms with Crippen LogP contribution in [0, 0.1) is 0 Å². The van der Waals surface area contributed by atoms with E-state index in [1.54, 1.807) is 0 Å². The number of carbonyl (C=O) groups is 1. The van der Waals surface area contributed by atoms with Gasteiger partial charge in [-0.25, -0.2) is 0 Å². The first-order valence-corrected chi connectivity index (χ1v) is 7.26. The summed E-state index contributed by atoms with van der Waals surface area (Å²) in [5.74, 6) is 0. The molecule has 0 aliphatic heterocycles. The van der Waals surface area contributed by atoms with E-state index in [1.807, 2.05) is 24.4 Å². The van der Waals surface area contributed by atoms with Crippen molar-refractivity contribution in [2.24, 2.45) is 0 Å². The molecule has 106 valence electrons.